The van der Waals surface area contributed by atoms with Crippen molar-refractivity contribution in [1.29, 1.82) is 0 Å². The summed E-state index contributed by atoms with van der Waals surface area (Å²) in [4.78, 5) is 12.3. The second kappa shape index (κ2) is 9.36. The van der Waals surface area contributed by atoms with E-state index in [2.05, 4.69) is 38.5 Å². The van der Waals surface area contributed by atoms with Crippen LogP contribution in [0.25, 0.3) is 0 Å². The molecule has 2 rings (SSSR count). The molecule has 138 valence electrons. The van der Waals surface area contributed by atoms with Crippen molar-refractivity contribution in [3.8, 4) is 0 Å². The molecule has 0 fully saturated rings. The lowest BCUT2D eigenvalue weighted by Crippen LogP contribution is -2.56. The Kier molecular flexibility index (Phi) is 7.72. The largest absolute Gasteiger partial charge is 0.339 e. The van der Waals surface area contributed by atoms with Crippen LogP contribution in [-0.4, -0.2) is 21.0 Å². The number of carbonyl (C=O) groups excluding carboxylic acids is 1. The van der Waals surface area contributed by atoms with Crippen molar-refractivity contribution in [1.82, 2.24) is 10.6 Å². The summed E-state index contributed by atoms with van der Waals surface area (Å²) >= 11 is 25.2. The highest BCUT2D eigenvalue weighted by atomic mass is 127. The van der Waals surface area contributed by atoms with Crippen molar-refractivity contribution in [3.63, 3.8) is 0 Å². The zero-order valence-electron chi connectivity index (χ0n) is 12.9. The number of anilines is 1. The fourth-order valence-electron chi connectivity index (χ4n) is 1.87. The van der Waals surface area contributed by atoms with Gasteiger partial charge in [-0.3, -0.25) is 4.79 Å². The van der Waals surface area contributed by atoms with Crippen LogP contribution in [0.1, 0.15) is 10.4 Å². The lowest BCUT2D eigenvalue weighted by molar-refractivity contribution is 0.0934. The highest BCUT2D eigenvalue weighted by Gasteiger charge is 2.35. The minimum Gasteiger partial charge on any atom is -0.339 e. The van der Waals surface area contributed by atoms with Crippen molar-refractivity contribution in [2.24, 2.45) is 0 Å². The Morgan fingerprint density at radius 1 is 1.08 bits per heavy atom. The first-order valence-corrected chi connectivity index (χ1v) is 9.74. The van der Waals surface area contributed by atoms with E-state index in [9.17, 15) is 9.18 Å². The minimum atomic E-state index is -1.88. The van der Waals surface area contributed by atoms with Crippen LogP contribution in [0, 0.1) is 9.39 Å². The van der Waals surface area contributed by atoms with E-state index in [0.717, 1.165) is 21.4 Å². The molecule has 1 unspecified atom stereocenters. The number of halogens is 5. The summed E-state index contributed by atoms with van der Waals surface area (Å²) in [6.45, 7) is 0. The number of hydrogen-bond donors (Lipinski definition) is 3. The second-order valence-corrected chi connectivity index (χ2v) is 8.97. The molecule has 10 heteroatoms. The maximum Gasteiger partial charge on any atom is 0.252 e. The van der Waals surface area contributed by atoms with Gasteiger partial charge in [-0.2, -0.15) is 0 Å². The van der Waals surface area contributed by atoms with Gasteiger partial charge in [-0.05, 0) is 71.2 Å². The summed E-state index contributed by atoms with van der Waals surface area (Å²) in [5, 5.41) is 8.41. The van der Waals surface area contributed by atoms with Crippen molar-refractivity contribution in [3.05, 3.63) is 63.5 Å². The molecule has 0 bridgehead atoms. The Morgan fingerprint density at radius 2 is 1.69 bits per heavy atom. The van der Waals surface area contributed by atoms with Crippen LogP contribution in [0.4, 0.5) is 10.1 Å². The Balaban J connectivity index is 2.07. The molecule has 0 aliphatic rings. The monoisotopic (exact) mass is 545 g/mol. The number of amides is 1. The molecule has 1 atom stereocenters. The number of alkyl halides is 3. The van der Waals surface area contributed by atoms with Crippen LogP contribution >= 0.6 is 69.6 Å². The first-order chi connectivity index (χ1) is 12.2. The van der Waals surface area contributed by atoms with Gasteiger partial charge in [0.2, 0.25) is 3.79 Å². The van der Waals surface area contributed by atoms with Gasteiger partial charge in [0.1, 0.15) is 12.0 Å². The first-order valence-electron chi connectivity index (χ1n) is 7.12. The summed E-state index contributed by atoms with van der Waals surface area (Å²) in [5.74, 6) is -1.01. The van der Waals surface area contributed by atoms with E-state index >= 15 is 0 Å². The first kappa shape index (κ1) is 21.4. The van der Waals surface area contributed by atoms with Crippen molar-refractivity contribution < 1.29 is 9.18 Å². The van der Waals surface area contributed by atoms with E-state index in [0.29, 0.717) is 0 Å². The fraction of sp³-hybridized carbons (Fsp3) is 0.125. The quantitative estimate of drug-likeness (QED) is 0.222. The molecule has 2 aromatic rings. The predicted octanol–water partition coefficient (Wildman–Crippen LogP) is 4.84. The third kappa shape index (κ3) is 6.38. The van der Waals surface area contributed by atoms with Crippen molar-refractivity contribution in [2.45, 2.75) is 9.96 Å². The Labute approximate surface area is 183 Å². The van der Waals surface area contributed by atoms with Gasteiger partial charge in [0, 0.05) is 9.13 Å². The molecular formula is C16H12Cl3FIN3OS. The third-order valence-corrected chi connectivity index (χ3v) is 4.92. The Hall–Kier alpha value is -0.870. The van der Waals surface area contributed by atoms with E-state index in [1.807, 2.05) is 24.3 Å². The molecule has 0 spiro atoms. The summed E-state index contributed by atoms with van der Waals surface area (Å²) in [5.41, 5.74) is 0.975. The summed E-state index contributed by atoms with van der Waals surface area (Å²) in [7, 11) is 0. The van der Waals surface area contributed by atoms with E-state index in [1.54, 1.807) is 0 Å². The highest BCUT2D eigenvalue weighted by molar-refractivity contribution is 14.1. The van der Waals surface area contributed by atoms with E-state index in [-0.39, 0.29) is 10.7 Å². The molecule has 26 heavy (non-hydrogen) atoms. The van der Waals surface area contributed by atoms with Gasteiger partial charge in [0.25, 0.3) is 5.91 Å². The van der Waals surface area contributed by atoms with E-state index in [4.69, 9.17) is 47.0 Å². The number of para-hydroxylation sites is 1. The second-order valence-electron chi connectivity index (χ2n) is 5.03. The number of thiocarbonyl (C=S) groups is 1. The van der Waals surface area contributed by atoms with Gasteiger partial charge >= 0.3 is 0 Å². The average Bonchev–Trinajstić information content (AvgIpc) is 2.56. The van der Waals surface area contributed by atoms with E-state index in [1.165, 1.54) is 12.1 Å². The zero-order chi connectivity index (χ0) is 19.3. The van der Waals surface area contributed by atoms with Crippen LogP contribution < -0.4 is 16.0 Å². The van der Waals surface area contributed by atoms with Gasteiger partial charge in [0.05, 0.1) is 5.69 Å². The predicted molar refractivity (Wildman–Crippen MR) is 116 cm³/mol. The Morgan fingerprint density at radius 3 is 2.27 bits per heavy atom. The third-order valence-electron chi connectivity index (χ3n) is 3.11. The average molecular weight is 547 g/mol. The lowest BCUT2D eigenvalue weighted by Gasteiger charge is -2.28. The van der Waals surface area contributed by atoms with Gasteiger partial charge in [-0.25, -0.2) is 4.39 Å². The number of hydrogen-bond acceptors (Lipinski definition) is 2. The molecular weight excluding hydrogens is 535 g/mol. The molecule has 3 N–H and O–H groups in total. The van der Waals surface area contributed by atoms with Crippen LogP contribution in [0.2, 0.25) is 0 Å². The van der Waals surface area contributed by atoms with Gasteiger partial charge < -0.3 is 16.0 Å². The molecule has 2 aromatic carbocycles. The SMILES string of the molecule is O=C(NC(NC(=S)Nc1ccccc1I)C(Cl)(Cl)Cl)c1ccc(F)cc1. The Bertz CT molecular complexity index is 802. The van der Waals surface area contributed by atoms with Crippen molar-refractivity contribution >= 4 is 86.3 Å². The van der Waals surface area contributed by atoms with E-state index < -0.39 is 21.7 Å². The molecule has 0 saturated heterocycles. The minimum absolute atomic E-state index is 0.157. The van der Waals surface area contributed by atoms with Crippen LogP contribution in [0.3, 0.4) is 0 Å². The molecule has 0 heterocycles. The van der Waals surface area contributed by atoms with Crippen LogP contribution in [0.15, 0.2) is 48.5 Å². The van der Waals surface area contributed by atoms with Crippen LogP contribution in [0.5, 0.6) is 0 Å². The number of benzene rings is 2. The maximum atomic E-state index is 13.0. The maximum absolute atomic E-state index is 13.0. The van der Waals surface area contributed by atoms with Gasteiger partial charge in [-0.15, -0.1) is 0 Å². The zero-order valence-corrected chi connectivity index (χ0v) is 18.1. The summed E-state index contributed by atoms with van der Waals surface area (Å²) in [6.07, 6.45) is -1.12. The van der Waals surface area contributed by atoms with Crippen LogP contribution in [-0.2, 0) is 0 Å². The number of carbonyl (C=O) groups is 1. The number of rotatable bonds is 4. The number of nitrogens with one attached hydrogen (secondary N) is 3. The summed E-state index contributed by atoms with van der Waals surface area (Å²) < 4.78 is 12.0. The molecule has 0 aliphatic heterocycles. The molecule has 0 aromatic heterocycles. The standard InChI is InChI=1S/C16H12Cl3FIN3OS/c17-16(18,19)14(23-13(25)9-5-7-10(20)8-6-9)24-15(26)22-12-4-2-1-3-11(12)21/h1-8,14H,(H,23,25)(H2,22,24,26). The molecule has 0 radical (unpaired) electrons. The molecule has 1 amide bonds. The fourth-order valence-corrected chi connectivity index (χ4v) is 2.94. The molecule has 0 saturated carbocycles. The lowest BCUT2D eigenvalue weighted by atomic mass is 10.2. The van der Waals surface area contributed by atoms with Crippen molar-refractivity contribution in [2.75, 3.05) is 5.32 Å². The normalized spacial score (nSPS) is 12.2. The molecule has 0 aliphatic carbocycles. The summed E-state index contributed by atoms with van der Waals surface area (Å²) in [6, 6.07) is 12.4. The topological polar surface area (TPSA) is 53.2 Å². The van der Waals surface area contributed by atoms with Gasteiger partial charge in [-0.1, -0.05) is 46.9 Å². The smallest absolute Gasteiger partial charge is 0.252 e. The highest BCUT2D eigenvalue weighted by Crippen LogP contribution is 2.29. The molecule has 4 nitrogen and oxygen atoms in total. The van der Waals surface area contributed by atoms with Gasteiger partial charge in [0.15, 0.2) is 5.11 Å².